The molecule has 0 aromatic heterocycles. The van der Waals surface area contributed by atoms with Gasteiger partial charge in [-0.15, -0.1) is 0 Å². The van der Waals surface area contributed by atoms with Crippen LogP contribution in [0, 0.1) is 6.92 Å². The average Bonchev–Trinajstić information content (AvgIpc) is 2.91. The highest BCUT2D eigenvalue weighted by Gasteiger charge is 2.33. The number of amides is 1. The fraction of sp³-hybridized carbons (Fsp3) is 0.611. The summed E-state index contributed by atoms with van der Waals surface area (Å²) in [6.45, 7) is 11.3. The van der Waals surface area contributed by atoms with Crippen LogP contribution in [0.1, 0.15) is 18.9 Å². The predicted octanol–water partition coefficient (Wildman–Crippen LogP) is 2.35. The average molecular weight is 317 g/mol. The number of rotatable bonds is 5. The summed E-state index contributed by atoms with van der Waals surface area (Å²) in [5.74, 6) is 0. The molecule has 0 spiro atoms. The van der Waals surface area contributed by atoms with Crippen molar-refractivity contribution in [3.05, 3.63) is 29.8 Å². The van der Waals surface area contributed by atoms with Crippen LogP contribution in [0.2, 0.25) is 0 Å². The van der Waals surface area contributed by atoms with Crippen LogP contribution in [-0.4, -0.2) is 67.8 Å². The molecule has 0 radical (unpaired) electrons. The van der Waals surface area contributed by atoms with Crippen LogP contribution in [0.5, 0.6) is 0 Å². The minimum Gasteiger partial charge on any atom is -0.443 e. The normalized spacial score (nSPS) is 23.3. The molecule has 1 amide bonds. The lowest BCUT2D eigenvalue weighted by Crippen LogP contribution is -2.49. The number of aryl methyl sites for hydroxylation is 1. The maximum atomic E-state index is 12.1. The summed E-state index contributed by atoms with van der Waals surface area (Å²) >= 11 is 0. The van der Waals surface area contributed by atoms with Crippen molar-refractivity contribution in [3.63, 3.8) is 0 Å². The molecule has 1 atom stereocenters. The lowest BCUT2D eigenvalue weighted by Gasteiger charge is -2.35. The summed E-state index contributed by atoms with van der Waals surface area (Å²) in [6.07, 6.45) is 0.969. The van der Waals surface area contributed by atoms with Crippen molar-refractivity contribution >= 4 is 11.8 Å². The summed E-state index contributed by atoms with van der Waals surface area (Å²) in [6, 6.07) is 8.04. The van der Waals surface area contributed by atoms with E-state index in [0.29, 0.717) is 6.54 Å². The van der Waals surface area contributed by atoms with Gasteiger partial charge in [-0.25, -0.2) is 4.79 Å². The highest BCUT2D eigenvalue weighted by atomic mass is 16.6. The number of carbonyl (C=O) groups excluding carboxylic acids is 1. The van der Waals surface area contributed by atoms with Crippen molar-refractivity contribution < 1.29 is 9.53 Å². The van der Waals surface area contributed by atoms with Gasteiger partial charge in [0.25, 0.3) is 0 Å². The van der Waals surface area contributed by atoms with E-state index in [1.54, 1.807) is 4.90 Å². The fourth-order valence-electron chi connectivity index (χ4n) is 3.35. The van der Waals surface area contributed by atoms with E-state index in [4.69, 9.17) is 4.74 Å². The third-order valence-corrected chi connectivity index (χ3v) is 4.69. The molecule has 23 heavy (non-hydrogen) atoms. The Labute approximate surface area is 138 Å². The summed E-state index contributed by atoms with van der Waals surface area (Å²) in [4.78, 5) is 18.8. The summed E-state index contributed by atoms with van der Waals surface area (Å²) in [5, 5.41) is 0. The first-order valence-corrected chi connectivity index (χ1v) is 8.65. The summed E-state index contributed by atoms with van der Waals surface area (Å²) < 4.78 is 5.57. The zero-order chi connectivity index (χ0) is 16.2. The van der Waals surface area contributed by atoms with Gasteiger partial charge in [-0.05, 0) is 32.0 Å². The molecule has 0 N–H and O–H groups in total. The van der Waals surface area contributed by atoms with Crippen LogP contribution < -0.4 is 4.90 Å². The third-order valence-electron chi connectivity index (χ3n) is 4.69. The van der Waals surface area contributed by atoms with Crippen molar-refractivity contribution in [2.24, 2.45) is 0 Å². The van der Waals surface area contributed by atoms with Crippen molar-refractivity contribution in [1.82, 2.24) is 9.80 Å². The Morgan fingerprint density at radius 1 is 1.09 bits per heavy atom. The van der Waals surface area contributed by atoms with Gasteiger partial charge in [-0.3, -0.25) is 9.80 Å². The van der Waals surface area contributed by atoms with E-state index in [0.717, 1.165) is 38.4 Å². The molecule has 126 valence electrons. The molecular formula is C18H27N3O2. The maximum absolute atomic E-state index is 12.1. The van der Waals surface area contributed by atoms with Crippen molar-refractivity contribution in [1.29, 1.82) is 0 Å². The van der Waals surface area contributed by atoms with Crippen LogP contribution in [0.25, 0.3) is 0 Å². The number of hydrogen-bond acceptors (Lipinski definition) is 4. The second-order valence-electron chi connectivity index (χ2n) is 6.59. The second kappa shape index (κ2) is 7.32. The van der Waals surface area contributed by atoms with Gasteiger partial charge in [0.05, 0.1) is 6.54 Å². The zero-order valence-electron chi connectivity index (χ0n) is 14.2. The minimum atomic E-state index is -0.219. The molecule has 1 aromatic rings. The molecule has 0 bridgehead atoms. The second-order valence-corrected chi connectivity index (χ2v) is 6.59. The number of anilines is 1. The molecule has 0 aliphatic carbocycles. The molecule has 2 heterocycles. The summed E-state index contributed by atoms with van der Waals surface area (Å²) in [5.41, 5.74) is 2.12. The number of piperazine rings is 1. The molecular weight excluding hydrogens is 290 g/mol. The van der Waals surface area contributed by atoms with Gasteiger partial charge in [0.1, 0.15) is 6.10 Å². The van der Waals surface area contributed by atoms with Crippen molar-refractivity contribution in [2.45, 2.75) is 26.4 Å². The number of nitrogens with zero attached hydrogens (tertiary/aromatic N) is 3. The van der Waals surface area contributed by atoms with Crippen LogP contribution >= 0.6 is 0 Å². The van der Waals surface area contributed by atoms with E-state index in [1.165, 1.54) is 18.5 Å². The van der Waals surface area contributed by atoms with E-state index in [9.17, 15) is 4.79 Å². The molecule has 5 heteroatoms. The quantitative estimate of drug-likeness (QED) is 0.835. The van der Waals surface area contributed by atoms with Crippen LogP contribution in [0.4, 0.5) is 10.5 Å². The number of cyclic esters (lactones) is 1. The van der Waals surface area contributed by atoms with Gasteiger partial charge in [0, 0.05) is 38.4 Å². The highest BCUT2D eigenvalue weighted by Crippen LogP contribution is 2.22. The Hall–Kier alpha value is -1.59. The van der Waals surface area contributed by atoms with Crippen LogP contribution in [0.3, 0.4) is 0 Å². The molecule has 3 rings (SSSR count). The zero-order valence-corrected chi connectivity index (χ0v) is 14.2. The van der Waals surface area contributed by atoms with Gasteiger partial charge in [0.15, 0.2) is 0 Å². The first kappa shape index (κ1) is 16.3. The summed E-state index contributed by atoms with van der Waals surface area (Å²) in [7, 11) is 0. The fourth-order valence-corrected chi connectivity index (χ4v) is 3.35. The Bertz CT molecular complexity index is 524. The monoisotopic (exact) mass is 317 g/mol. The first-order valence-electron chi connectivity index (χ1n) is 8.65. The molecule has 2 aliphatic rings. The molecule has 2 fully saturated rings. The largest absolute Gasteiger partial charge is 0.443 e. The van der Waals surface area contributed by atoms with Crippen molar-refractivity contribution in [3.8, 4) is 0 Å². The number of hydrogen-bond donors (Lipinski definition) is 0. The first-order chi connectivity index (χ1) is 11.2. The van der Waals surface area contributed by atoms with Gasteiger partial charge in [-0.1, -0.05) is 24.6 Å². The van der Waals surface area contributed by atoms with E-state index >= 15 is 0 Å². The Morgan fingerprint density at radius 3 is 2.39 bits per heavy atom. The number of benzene rings is 1. The van der Waals surface area contributed by atoms with Gasteiger partial charge in [0.2, 0.25) is 0 Å². The van der Waals surface area contributed by atoms with E-state index < -0.39 is 0 Å². The predicted molar refractivity (Wildman–Crippen MR) is 92.0 cm³/mol. The van der Waals surface area contributed by atoms with Gasteiger partial charge in [-0.2, -0.15) is 0 Å². The molecule has 0 saturated carbocycles. The highest BCUT2D eigenvalue weighted by molar-refractivity contribution is 5.89. The molecule has 2 saturated heterocycles. The third kappa shape index (κ3) is 4.03. The Kier molecular flexibility index (Phi) is 5.18. The van der Waals surface area contributed by atoms with Crippen LogP contribution in [0.15, 0.2) is 24.3 Å². The van der Waals surface area contributed by atoms with Gasteiger partial charge < -0.3 is 9.64 Å². The standard InChI is InChI=1S/C18H27N3O2/c1-3-8-19-9-11-20(12-10-19)13-17-14-21(18(22)23-17)16-6-4-15(2)5-7-16/h4-7,17H,3,8-14H2,1-2H3. The Morgan fingerprint density at radius 2 is 1.74 bits per heavy atom. The molecule has 5 nitrogen and oxygen atoms in total. The molecule has 1 aromatic carbocycles. The molecule has 2 aliphatic heterocycles. The van der Waals surface area contributed by atoms with E-state index in [-0.39, 0.29) is 12.2 Å². The Balaban J connectivity index is 1.51. The lowest BCUT2D eigenvalue weighted by atomic mass is 10.2. The van der Waals surface area contributed by atoms with E-state index in [1.807, 2.05) is 31.2 Å². The van der Waals surface area contributed by atoms with Crippen LogP contribution in [-0.2, 0) is 4.74 Å². The number of ether oxygens (including phenoxy) is 1. The van der Waals surface area contributed by atoms with Crippen molar-refractivity contribution in [2.75, 3.05) is 50.7 Å². The SMILES string of the molecule is CCCN1CCN(CC2CN(c3ccc(C)cc3)C(=O)O2)CC1. The number of carbonyl (C=O) groups is 1. The maximum Gasteiger partial charge on any atom is 0.414 e. The van der Waals surface area contributed by atoms with E-state index in [2.05, 4.69) is 16.7 Å². The topological polar surface area (TPSA) is 36.0 Å². The lowest BCUT2D eigenvalue weighted by molar-refractivity contribution is 0.0770. The molecule has 1 unspecified atom stereocenters. The minimum absolute atomic E-state index is 0.0264. The smallest absolute Gasteiger partial charge is 0.414 e. The van der Waals surface area contributed by atoms with Gasteiger partial charge >= 0.3 is 6.09 Å².